The molecule has 2 aromatic rings. The van der Waals surface area contributed by atoms with Crippen molar-refractivity contribution in [1.82, 2.24) is 5.32 Å². The van der Waals surface area contributed by atoms with Gasteiger partial charge < -0.3 is 15.3 Å². The van der Waals surface area contributed by atoms with E-state index in [1.54, 1.807) is 35.2 Å². The monoisotopic (exact) mass is 366 g/mol. The quantitative estimate of drug-likeness (QED) is 0.797. The molecule has 0 saturated carbocycles. The second kappa shape index (κ2) is 7.61. The highest BCUT2D eigenvalue weighted by atomic mass is 16.4. The number of aryl methyl sites for hydroxylation is 2. The van der Waals surface area contributed by atoms with Gasteiger partial charge in [0.15, 0.2) is 6.04 Å². The van der Waals surface area contributed by atoms with Crippen LogP contribution in [0.2, 0.25) is 0 Å². The Morgan fingerprint density at radius 3 is 2.33 bits per heavy atom. The first kappa shape index (κ1) is 18.6. The predicted molar refractivity (Wildman–Crippen MR) is 101 cm³/mol. The average Bonchev–Trinajstić information content (AvgIpc) is 3.00. The number of hydrogen-bond donors (Lipinski definition) is 2. The van der Waals surface area contributed by atoms with Crippen molar-refractivity contribution < 1.29 is 19.5 Å². The number of carbonyl (C=O) groups excluding carboxylic acids is 2. The van der Waals surface area contributed by atoms with E-state index in [0.717, 1.165) is 16.8 Å². The first-order valence-corrected chi connectivity index (χ1v) is 8.84. The van der Waals surface area contributed by atoms with Crippen LogP contribution >= 0.6 is 0 Å². The molecule has 0 aromatic heterocycles. The van der Waals surface area contributed by atoms with E-state index in [1.165, 1.54) is 0 Å². The van der Waals surface area contributed by atoms with Crippen LogP contribution in [0.3, 0.4) is 0 Å². The van der Waals surface area contributed by atoms with E-state index in [0.29, 0.717) is 18.5 Å². The van der Waals surface area contributed by atoms with Gasteiger partial charge in [-0.25, -0.2) is 4.79 Å². The number of hydrogen-bond acceptors (Lipinski definition) is 3. The lowest BCUT2D eigenvalue weighted by Gasteiger charge is -2.19. The summed E-state index contributed by atoms with van der Waals surface area (Å²) < 4.78 is 0. The molecule has 6 nitrogen and oxygen atoms in total. The number of carboxylic acid groups (broad SMARTS) is 1. The Morgan fingerprint density at radius 1 is 1.11 bits per heavy atom. The number of carbonyl (C=O) groups is 3. The first-order valence-electron chi connectivity index (χ1n) is 8.84. The van der Waals surface area contributed by atoms with Crippen molar-refractivity contribution in [2.24, 2.45) is 5.92 Å². The minimum absolute atomic E-state index is 0.297. The standard InChI is InChI=1S/C21H22N2O4/c1-13-10-14(2)12-16(11-13)23-9-8-17(20(23)25)19(24)22-18(21(26)27)15-6-4-3-5-7-15/h3-7,10-12,17-18H,8-9H2,1-2H3,(H,22,24)(H,26,27)/t17?,18-/m1/s1. The summed E-state index contributed by atoms with van der Waals surface area (Å²) in [6, 6.07) is 13.1. The molecule has 140 valence electrons. The second-order valence-corrected chi connectivity index (χ2v) is 6.87. The van der Waals surface area contributed by atoms with Gasteiger partial charge in [0, 0.05) is 12.2 Å². The SMILES string of the molecule is Cc1cc(C)cc(N2CCC(C(=O)N[C@@H](C(=O)O)c3ccccc3)C2=O)c1. The van der Waals surface area contributed by atoms with Gasteiger partial charge in [-0.05, 0) is 49.1 Å². The van der Waals surface area contributed by atoms with E-state index in [4.69, 9.17) is 0 Å². The third-order valence-corrected chi connectivity index (χ3v) is 4.71. The number of nitrogens with zero attached hydrogens (tertiary/aromatic N) is 1. The van der Waals surface area contributed by atoms with Gasteiger partial charge in [-0.1, -0.05) is 36.4 Å². The fourth-order valence-corrected chi connectivity index (χ4v) is 3.46. The smallest absolute Gasteiger partial charge is 0.330 e. The molecule has 0 bridgehead atoms. The van der Waals surface area contributed by atoms with Crippen molar-refractivity contribution in [3.8, 4) is 0 Å². The maximum atomic E-state index is 12.8. The van der Waals surface area contributed by atoms with E-state index in [1.807, 2.05) is 32.0 Å². The minimum Gasteiger partial charge on any atom is -0.479 e. The molecule has 1 aliphatic rings. The maximum Gasteiger partial charge on any atom is 0.330 e. The summed E-state index contributed by atoms with van der Waals surface area (Å²) in [7, 11) is 0. The lowest BCUT2D eigenvalue weighted by atomic mass is 10.0. The fraction of sp³-hybridized carbons (Fsp3) is 0.286. The van der Waals surface area contributed by atoms with Gasteiger partial charge in [-0.2, -0.15) is 0 Å². The molecule has 2 amide bonds. The minimum atomic E-state index is -1.18. The van der Waals surface area contributed by atoms with Crippen molar-refractivity contribution in [1.29, 1.82) is 0 Å². The number of anilines is 1. The fourth-order valence-electron chi connectivity index (χ4n) is 3.46. The molecule has 1 heterocycles. The number of nitrogens with one attached hydrogen (secondary N) is 1. The summed E-state index contributed by atoms with van der Waals surface area (Å²) in [5.74, 6) is -2.89. The maximum absolute atomic E-state index is 12.8. The van der Waals surface area contributed by atoms with Crippen LogP contribution in [-0.2, 0) is 14.4 Å². The average molecular weight is 366 g/mol. The Morgan fingerprint density at radius 2 is 1.74 bits per heavy atom. The molecule has 1 aliphatic heterocycles. The molecule has 3 rings (SSSR count). The van der Waals surface area contributed by atoms with E-state index in [-0.39, 0.29) is 5.91 Å². The summed E-state index contributed by atoms with van der Waals surface area (Å²) >= 11 is 0. The Hall–Kier alpha value is -3.15. The van der Waals surface area contributed by atoms with Crippen LogP contribution in [0, 0.1) is 19.8 Å². The molecule has 0 aliphatic carbocycles. The van der Waals surface area contributed by atoms with Crippen molar-refractivity contribution in [2.45, 2.75) is 26.3 Å². The zero-order valence-corrected chi connectivity index (χ0v) is 15.3. The van der Waals surface area contributed by atoms with Crippen LogP contribution in [0.25, 0.3) is 0 Å². The molecule has 2 atom stereocenters. The highest BCUT2D eigenvalue weighted by Gasteiger charge is 2.39. The molecule has 1 saturated heterocycles. The highest BCUT2D eigenvalue weighted by Crippen LogP contribution is 2.28. The zero-order valence-electron chi connectivity index (χ0n) is 15.3. The van der Waals surface area contributed by atoms with Crippen LogP contribution in [0.4, 0.5) is 5.69 Å². The van der Waals surface area contributed by atoms with Crippen LogP contribution in [0.5, 0.6) is 0 Å². The molecule has 1 unspecified atom stereocenters. The summed E-state index contributed by atoms with van der Waals surface area (Å²) in [5, 5.41) is 12.0. The first-order chi connectivity index (χ1) is 12.9. The van der Waals surface area contributed by atoms with Gasteiger partial charge in [-0.15, -0.1) is 0 Å². The summed E-state index contributed by atoms with van der Waals surface area (Å²) in [6.07, 6.45) is 0.360. The predicted octanol–water partition coefficient (Wildman–Crippen LogP) is 2.60. The summed E-state index contributed by atoms with van der Waals surface area (Å²) in [4.78, 5) is 38.6. The van der Waals surface area contributed by atoms with Gasteiger partial charge >= 0.3 is 5.97 Å². The number of benzene rings is 2. The lowest BCUT2D eigenvalue weighted by Crippen LogP contribution is -2.41. The number of amides is 2. The number of carboxylic acids is 1. The Bertz CT molecular complexity index is 859. The van der Waals surface area contributed by atoms with Crippen molar-refractivity contribution in [3.63, 3.8) is 0 Å². The number of rotatable bonds is 5. The Kier molecular flexibility index (Phi) is 5.26. The van der Waals surface area contributed by atoms with Gasteiger partial charge in [-0.3, -0.25) is 9.59 Å². The Labute approximate surface area is 157 Å². The summed E-state index contributed by atoms with van der Waals surface area (Å²) in [6.45, 7) is 4.35. The van der Waals surface area contributed by atoms with Gasteiger partial charge in [0.1, 0.15) is 5.92 Å². The topological polar surface area (TPSA) is 86.7 Å². The van der Waals surface area contributed by atoms with Crippen molar-refractivity contribution in [3.05, 3.63) is 65.2 Å². The van der Waals surface area contributed by atoms with E-state index >= 15 is 0 Å². The molecule has 2 N–H and O–H groups in total. The van der Waals surface area contributed by atoms with Gasteiger partial charge in [0.2, 0.25) is 11.8 Å². The zero-order chi connectivity index (χ0) is 19.6. The van der Waals surface area contributed by atoms with Crippen LogP contribution < -0.4 is 10.2 Å². The van der Waals surface area contributed by atoms with E-state index in [9.17, 15) is 19.5 Å². The molecule has 2 aromatic carbocycles. The molecule has 0 spiro atoms. The van der Waals surface area contributed by atoms with Gasteiger partial charge in [0.25, 0.3) is 0 Å². The van der Waals surface area contributed by atoms with E-state index < -0.39 is 23.8 Å². The van der Waals surface area contributed by atoms with Crippen molar-refractivity contribution >= 4 is 23.5 Å². The van der Waals surface area contributed by atoms with Gasteiger partial charge in [0.05, 0.1) is 0 Å². The molecular formula is C21H22N2O4. The molecule has 1 fully saturated rings. The normalized spacial score (nSPS) is 17.6. The highest BCUT2D eigenvalue weighted by molar-refractivity contribution is 6.10. The van der Waals surface area contributed by atoms with Crippen molar-refractivity contribution in [2.75, 3.05) is 11.4 Å². The second-order valence-electron chi connectivity index (χ2n) is 6.87. The molecule has 6 heteroatoms. The lowest BCUT2D eigenvalue weighted by molar-refractivity contribution is -0.143. The molecule has 0 radical (unpaired) electrons. The van der Waals surface area contributed by atoms with Crippen LogP contribution in [0.15, 0.2) is 48.5 Å². The largest absolute Gasteiger partial charge is 0.479 e. The third kappa shape index (κ3) is 4.00. The van der Waals surface area contributed by atoms with Crippen LogP contribution in [-0.4, -0.2) is 29.4 Å². The van der Waals surface area contributed by atoms with E-state index in [2.05, 4.69) is 5.32 Å². The van der Waals surface area contributed by atoms with Crippen LogP contribution in [0.1, 0.15) is 29.2 Å². The Balaban J connectivity index is 1.76. The molecule has 27 heavy (non-hydrogen) atoms. The molecular weight excluding hydrogens is 344 g/mol. The number of aliphatic carboxylic acids is 1. The third-order valence-electron chi connectivity index (χ3n) is 4.71. The summed E-state index contributed by atoms with van der Waals surface area (Å²) in [5.41, 5.74) is 3.32.